The van der Waals surface area contributed by atoms with Crippen molar-refractivity contribution < 1.29 is 9.53 Å². The fourth-order valence-corrected chi connectivity index (χ4v) is 2.22. The van der Waals surface area contributed by atoms with Crippen LogP contribution >= 0.6 is 15.9 Å². The lowest BCUT2D eigenvalue weighted by Gasteiger charge is -2.15. The summed E-state index contributed by atoms with van der Waals surface area (Å²) in [6.07, 6.45) is 2.28. The first-order valence-electron chi connectivity index (χ1n) is 5.11. The molecule has 1 aliphatic heterocycles. The van der Waals surface area contributed by atoms with Gasteiger partial charge in [-0.25, -0.2) is 4.98 Å². The number of hydrogen-bond donors (Lipinski definition) is 0. The van der Waals surface area contributed by atoms with Crippen LogP contribution < -0.4 is 9.64 Å². The normalized spacial score (nSPS) is 20.2. The predicted molar refractivity (Wildman–Crippen MR) is 65.0 cm³/mol. The third-order valence-corrected chi connectivity index (χ3v) is 3.58. The number of anilines is 1. The molecule has 2 heterocycles. The van der Waals surface area contributed by atoms with E-state index < -0.39 is 0 Å². The zero-order chi connectivity index (χ0) is 11.5. The number of halogens is 1. The van der Waals surface area contributed by atoms with Crippen LogP contribution in [0.15, 0.2) is 18.3 Å². The highest BCUT2D eigenvalue weighted by Crippen LogP contribution is 2.26. The molecule has 5 heteroatoms. The van der Waals surface area contributed by atoms with Crippen molar-refractivity contribution in [2.45, 2.75) is 6.42 Å². The molecule has 0 radical (unpaired) electrons. The van der Waals surface area contributed by atoms with E-state index in [1.807, 2.05) is 6.07 Å². The van der Waals surface area contributed by atoms with Crippen molar-refractivity contribution in [2.75, 3.05) is 23.9 Å². The van der Waals surface area contributed by atoms with Gasteiger partial charge in [0, 0.05) is 24.4 Å². The summed E-state index contributed by atoms with van der Waals surface area (Å²) in [5, 5.41) is 0.860. The molecular formula is C11H13BrN2O2. The number of amides is 1. The van der Waals surface area contributed by atoms with Crippen LogP contribution in [0.2, 0.25) is 0 Å². The van der Waals surface area contributed by atoms with Crippen LogP contribution in [-0.4, -0.2) is 29.9 Å². The second kappa shape index (κ2) is 4.82. The summed E-state index contributed by atoms with van der Waals surface area (Å²) in [6.45, 7) is 0.762. The second-order valence-electron chi connectivity index (χ2n) is 3.79. The van der Waals surface area contributed by atoms with Crippen LogP contribution in [0.3, 0.4) is 0 Å². The Hall–Kier alpha value is -1.10. The Morgan fingerprint density at radius 1 is 1.62 bits per heavy atom. The number of hydrogen-bond acceptors (Lipinski definition) is 3. The van der Waals surface area contributed by atoms with E-state index in [2.05, 4.69) is 20.9 Å². The molecule has 0 N–H and O–H groups in total. The third kappa shape index (κ3) is 2.19. The van der Waals surface area contributed by atoms with Gasteiger partial charge in [-0.2, -0.15) is 0 Å². The molecule has 0 aliphatic carbocycles. The lowest BCUT2D eigenvalue weighted by atomic mass is 10.2. The number of ether oxygens (including phenoxy) is 1. The summed E-state index contributed by atoms with van der Waals surface area (Å²) in [5.41, 5.74) is 0.842. The Kier molecular flexibility index (Phi) is 3.43. The van der Waals surface area contributed by atoms with Crippen LogP contribution in [-0.2, 0) is 4.79 Å². The molecule has 16 heavy (non-hydrogen) atoms. The van der Waals surface area contributed by atoms with Gasteiger partial charge in [0.1, 0.15) is 0 Å². The van der Waals surface area contributed by atoms with Crippen molar-refractivity contribution in [3.05, 3.63) is 18.3 Å². The number of aromatic nitrogens is 1. The Morgan fingerprint density at radius 3 is 2.94 bits per heavy atom. The van der Waals surface area contributed by atoms with Gasteiger partial charge in [0.25, 0.3) is 0 Å². The second-order valence-corrected chi connectivity index (χ2v) is 4.44. The number of alkyl halides is 1. The molecule has 0 aromatic carbocycles. The number of rotatable bonds is 3. The quantitative estimate of drug-likeness (QED) is 0.796. The fourth-order valence-electron chi connectivity index (χ4n) is 1.79. The zero-order valence-electron chi connectivity index (χ0n) is 9.02. The molecule has 0 saturated carbocycles. The smallest absolute Gasteiger partial charge is 0.227 e. The van der Waals surface area contributed by atoms with E-state index in [4.69, 9.17) is 4.74 Å². The van der Waals surface area contributed by atoms with E-state index in [0.29, 0.717) is 18.2 Å². The maximum atomic E-state index is 11.7. The van der Waals surface area contributed by atoms with E-state index in [-0.39, 0.29) is 5.91 Å². The molecule has 1 amide bonds. The van der Waals surface area contributed by atoms with Crippen LogP contribution in [0.5, 0.6) is 5.88 Å². The zero-order valence-corrected chi connectivity index (χ0v) is 10.6. The number of methoxy groups -OCH3 is 1. The van der Waals surface area contributed by atoms with E-state index in [1.165, 1.54) is 0 Å². The summed E-state index contributed by atoms with van der Waals surface area (Å²) in [4.78, 5) is 17.6. The van der Waals surface area contributed by atoms with Crippen LogP contribution in [0.4, 0.5) is 5.69 Å². The average molecular weight is 285 g/mol. The van der Waals surface area contributed by atoms with Gasteiger partial charge in [0.05, 0.1) is 19.0 Å². The Labute approximate surface area is 103 Å². The summed E-state index contributed by atoms with van der Waals surface area (Å²) >= 11 is 3.41. The van der Waals surface area contributed by atoms with Gasteiger partial charge in [0.2, 0.25) is 11.8 Å². The van der Waals surface area contributed by atoms with Gasteiger partial charge in [-0.1, -0.05) is 15.9 Å². The van der Waals surface area contributed by atoms with Crippen molar-refractivity contribution in [3.63, 3.8) is 0 Å². The molecule has 0 bridgehead atoms. The minimum Gasteiger partial charge on any atom is -0.481 e. The van der Waals surface area contributed by atoms with Gasteiger partial charge in [-0.05, 0) is 12.0 Å². The summed E-state index contributed by atoms with van der Waals surface area (Å²) in [6, 6.07) is 3.63. The number of carbonyl (C=O) groups excluding carboxylic acids is 1. The van der Waals surface area contributed by atoms with Gasteiger partial charge < -0.3 is 9.64 Å². The first-order chi connectivity index (χ1) is 7.74. The summed E-state index contributed by atoms with van der Waals surface area (Å²) < 4.78 is 4.98. The Morgan fingerprint density at radius 2 is 2.44 bits per heavy atom. The van der Waals surface area contributed by atoms with Crippen LogP contribution in [0, 0.1) is 5.92 Å². The molecule has 1 saturated heterocycles. The van der Waals surface area contributed by atoms with Gasteiger partial charge in [0.15, 0.2) is 0 Å². The first-order valence-corrected chi connectivity index (χ1v) is 6.23. The molecule has 0 spiro atoms. The minimum atomic E-state index is 0.163. The summed E-state index contributed by atoms with van der Waals surface area (Å²) in [5.74, 6) is 1.12. The Balaban J connectivity index is 2.15. The molecular weight excluding hydrogens is 272 g/mol. The van der Waals surface area contributed by atoms with Crippen molar-refractivity contribution >= 4 is 27.5 Å². The number of carbonyl (C=O) groups is 1. The van der Waals surface area contributed by atoms with Crippen molar-refractivity contribution in [1.82, 2.24) is 4.98 Å². The van der Waals surface area contributed by atoms with Crippen LogP contribution in [0.1, 0.15) is 6.42 Å². The van der Waals surface area contributed by atoms with Gasteiger partial charge in [-0.3, -0.25) is 4.79 Å². The average Bonchev–Trinajstić information content (AvgIpc) is 2.71. The molecule has 4 nitrogen and oxygen atoms in total. The largest absolute Gasteiger partial charge is 0.481 e. The molecule has 1 fully saturated rings. The predicted octanol–water partition coefficient (Wildman–Crippen LogP) is 1.84. The maximum absolute atomic E-state index is 11.7. The maximum Gasteiger partial charge on any atom is 0.227 e. The van der Waals surface area contributed by atoms with Gasteiger partial charge >= 0.3 is 0 Å². The Bertz CT molecular complexity index is 380. The summed E-state index contributed by atoms with van der Waals surface area (Å²) in [7, 11) is 1.57. The topological polar surface area (TPSA) is 42.4 Å². The highest BCUT2D eigenvalue weighted by atomic mass is 79.9. The molecule has 1 aromatic heterocycles. The van der Waals surface area contributed by atoms with E-state index in [9.17, 15) is 4.79 Å². The van der Waals surface area contributed by atoms with Crippen molar-refractivity contribution in [1.29, 1.82) is 0 Å². The van der Waals surface area contributed by atoms with Gasteiger partial charge in [-0.15, -0.1) is 0 Å². The first kappa shape index (κ1) is 11.4. The van der Waals surface area contributed by atoms with E-state index in [0.717, 1.165) is 17.6 Å². The number of pyridine rings is 1. The SMILES string of the molecule is COc1ccc(N2CC(CBr)CC2=O)cn1. The highest BCUT2D eigenvalue weighted by Gasteiger charge is 2.29. The lowest BCUT2D eigenvalue weighted by molar-refractivity contribution is -0.117. The van der Waals surface area contributed by atoms with E-state index >= 15 is 0 Å². The van der Waals surface area contributed by atoms with Crippen LogP contribution in [0.25, 0.3) is 0 Å². The molecule has 2 rings (SSSR count). The third-order valence-electron chi connectivity index (χ3n) is 2.66. The lowest BCUT2D eigenvalue weighted by Crippen LogP contribution is -2.24. The molecule has 86 valence electrons. The molecule has 1 aliphatic rings. The molecule has 1 unspecified atom stereocenters. The van der Waals surface area contributed by atoms with Crippen molar-refractivity contribution in [2.24, 2.45) is 5.92 Å². The number of nitrogens with zero attached hydrogens (tertiary/aromatic N) is 2. The monoisotopic (exact) mass is 284 g/mol. The highest BCUT2D eigenvalue weighted by molar-refractivity contribution is 9.09. The fraction of sp³-hybridized carbons (Fsp3) is 0.455. The standard InChI is InChI=1S/C11H13BrN2O2/c1-16-10-3-2-9(6-13-10)14-7-8(5-12)4-11(14)15/h2-3,6,8H,4-5,7H2,1H3. The van der Waals surface area contributed by atoms with E-state index in [1.54, 1.807) is 24.3 Å². The minimum absolute atomic E-state index is 0.163. The molecule has 1 atom stereocenters. The molecule has 1 aromatic rings. The van der Waals surface area contributed by atoms with Crippen molar-refractivity contribution in [3.8, 4) is 5.88 Å².